The average Bonchev–Trinajstić information content (AvgIpc) is 3.32. The van der Waals surface area contributed by atoms with E-state index in [1.165, 1.54) is 0 Å². The molecule has 1 aliphatic carbocycles. The standard InChI is InChI=1S/C25H31F3N6O3/c1-33-11-9-19(10-12-33)34(2)22(35)15-3-6-17(7-4-15)31-24-29-14-20(25(26,27)28)21(32-24)30-18-8-5-16(13-18)23(36)37/h3-4,6-7,14,16,18-19H,5,8-13H2,1-2H3,(H,36,37)(H2,29,30,31,32)/t16-,18+/m1/s1. The van der Waals surface area contributed by atoms with E-state index in [4.69, 9.17) is 0 Å². The van der Waals surface area contributed by atoms with Crippen LogP contribution in [0, 0.1) is 5.92 Å². The Kier molecular flexibility index (Phi) is 7.86. The van der Waals surface area contributed by atoms with Gasteiger partial charge in [-0.1, -0.05) is 0 Å². The fraction of sp³-hybridized carbons (Fsp3) is 0.520. The number of aromatic nitrogens is 2. The summed E-state index contributed by atoms with van der Waals surface area (Å²) in [7, 11) is 3.87. The maximum absolute atomic E-state index is 13.6. The molecule has 0 radical (unpaired) electrons. The number of anilines is 3. The van der Waals surface area contributed by atoms with Crippen LogP contribution >= 0.6 is 0 Å². The van der Waals surface area contributed by atoms with E-state index in [1.807, 2.05) is 0 Å². The second kappa shape index (κ2) is 10.9. The third-order valence-corrected chi connectivity index (χ3v) is 7.16. The van der Waals surface area contributed by atoms with Crippen LogP contribution in [0.25, 0.3) is 0 Å². The smallest absolute Gasteiger partial charge is 0.421 e. The SMILES string of the molecule is CN1CCC(N(C)C(=O)c2ccc(Nc3ncc(C(F)(F)F)c(N[C@H]4CC[C@@H](C(=O)O)C4)n3)cc2)CC1. The Morgan fingerprint density at radius 3 is 2.38 bits per heavy atom. The zero-order valence-electron chi connectivity index (χ0n) is 20.8. The van der Waals surface area contributed by atoms with E-state index in [9.17, 15) is 27.9 Å². The number of alkyl halides is 3. The van der Waals surface area contributed by atoms with Crippen LogP contribution < -0.4 is 10.6 Å². The van der Waals surface area contributed by atoms with Gasteiger partial charge in [-0.3, -0.25) is 9.59 Å². The number of halogens is 3. The first kappa shape index (κ1) is 26.6. The van der Waals surface area contributed by atoms with Gasteiger partial charge in [0.15, 0.2) is 0 Å². The summed E-state index contributed by atoms with van der Waals surface area (Å²) in [6.07, 6.45) is -1.09. The molecule has 1 aromatic carbocycles. The molecule has 4 rings (SSSR count). The van der Waals surface area contributed by atoms with Gasteiger partial charge in [0.1, 0.15) is 11.4 Å². The first-order chi connectivity index (χ1) is 17.5. The summed E-state index contributed by atoms with van der Waals surface area (Å²) >= 11 is 0. The minimum atomic E-state index is -4.67. The Morgan fingerprint density at radius 1 is 1.11 bits per heavy atom. The maximum atomic E-state index is 13.6. The van der Waals surface area contributed by atoms with Crippen LogP contribution in [0.4, 0.5) is 30.6 Å². The second-order valence-corrected chi connectivity index (χ2v) is 9.80. The van der Waals surface area contributed by atoms with Gasteiger partial charge in [0.25, 0.3) is 5.91 Å². The predicted molar refractivity (Wildman–Crippen MR) is 132 cm³/mol. The van der Waals surface area contributed by atoms with Crippen LogP contribution in [-0.2, 0) is 11.0 Å². The summed E-state index contributed by atoms with van der Waals surface area (Å²) in [5, 5.41) is 14.8. The Bertz CT molecular complexity index is 1120. The van der Waals surface area contributed by atoms with Crippen molar-refractivity contribution in [2.45, 2.75) is 50.4 Å². The number of carboxylic acid groups (broad SMARTS) is 1. The van der Waals surface area contributed by atoms with Crippen LogP contribution in [0.15, 0.2) is 30.5 Å². The summed E-state index contributed by atoms with van der Waals surface area (Å²) in [6, 6.07) is 6.36. The number of carbonyl (C=O) groups is 2. The van der Waals surface area contributed by atoms with Gasteiger partial charge in [-0.2, -0.15) is 18.2 Å². The van der Waals surface area contributed by atoms with Crippen molar-refractivity contribution in [1.29, 1.82) is 0 Å². The van der Waals surface area contributed by atoms with Crippen molar-refractivity contribution in [2.75, 3.05) is 37.8 Å². The number of nitrogens with zero attached hydrogens (tertiary/aromatic N) is 4. The largest absolute Gasteiger partial charge is 0.481 e. The van der Waals surface area contributed by atoms with Crippen LogP contribution in [-0.4, -0.2) is 76.0 Å². The van der Waals surface area contributed by atoms with Crippen molar-refractivity contribution in [3.05, 3.63) is 41.6 Å². The van der Waals surface area contributed by atoms with Crippen LogP contribution in [0.1, 0.15) is 48.0 Å². The minimum absolute atomic E-state index is 0.0502. The van der Waals surface area contributed by atoms with E-state index < -0.39 is 35.5 Å². The van der Waals surface area contributed by atoms with Crippen molar-refractivity contribution in [1.82, 2.24) is 19.8 Å². The Labute approximate surface area is 213 Å². The number of likely N-dealkylation sites (tertiary alicyclic amines) is 1. The first-order valence-corrected chi connectivity index (χ1v) is 12.3. The molecule has 12 heteroatoms. The lowest BCUT2D eigenvalue weighted by molar-refractivity contribution is -0.141. The van der Waals surface area contributed by atoms with Gasteiger partial charge in [0.05, 0.1) is 5.92 Å². The van der Waals surface area contributed by atoms with E-state index in [0.29, 0.717) is 30.3 Å². The van der Waals surface area contributed by atoms with E-state index >= 15 is 0 Å². The number of carbonyl (C=O) groups excluding carboxylic acids is 1. The number of hydrogen-bond acceptors (Lipinski definition) is 7. The van der Waals surface area contributed by atoms with Gasteiger partial charge >= 0.3 is 12.1 Å². The molecule has 1 saturated carbocycles. The number of hydrogen-bond donors (Lipinski definition) is 3. The lowest BCUT2D eigenvalue weighted by atomic mass is 10.0. The van der Waals surface area contributed by atoms with E-state index in [2.05, 4.69) is 32.5 Å². The molecular weight excluding hydrogens is 489 g/mol. The third-order valence-electron chi connectivity index (χ3n) is 7.16. The summed E-state index contributed by atoms with van der Waals surface area (Å²) in [6.45, 7) is 1.88. The molecule has 1 aromatic heterocycles. The molecule has 9 nitrogen and oxygen atoms in total. The summed E-state index contributed by atoms with van der Waals surface area (Å²) < 4.78 is 40.7. The number of piperidine rings is 1. The molecule has 2 aliphatic rings. The highest BCUT2D eigenvalue weighted by Gasteiger charge is 2.37. The molecule has 2 fully saturated rings. The van der Waals surface area contributed by atoms with Crippen molar-refractivity contribution in [3.8, 4) is 0 Å². The molecule has 2 atom stereocenters. The zero-order valence-corrected chi connectivity index (χ0v) is 20.8. The number of nitrogens with one attached hydrogen (secondary N) is 2. The van der Waals surface area contributed by atoms with E-state index in [1.54, 1.807) is 36.2 Å². The summed E-state index contributed by atoms with van der Waals surface area (Å²) in [4.78, 5) is 36.0. The molecule has 1 aliphatic heterocycles. The number of rotatable bonds is 7. The van der Waals surface area contributed by atoms with Crippen molar-refractivity contribution < 1.29 is 27.9 Å². The van der Waals surface area contributed by atoms with Gasteiger partial charge in [-0.25, -0.2) is 4.98 Å². The normalized spacial score (nSPS) is 21.0. The van der Waals surface area contributed by atoms with Gasteiger partial charge in [-0.05, 0) is 76.5 Å². The highest BCUT2D eigenvalue weighted by Crippen LogP contribution is 2.36. The van der Waals surface area contributed by atoms with Crippen molar-refractivity contribution >= 4 is 29.3 Å². The molecule has 2 heterocycles. The molecular formula is C25H31F3N6O3. The van der Waals surface area contributed by atoms with Gasteiger partial charge in [-0.15, -0.1) is 0 Å². The van der Waals surface area contributed by atoms with Gasteiger partial charge < -0.3 is 25.5 Å². The van der Waals surface area contributed by atoms with Crippen LogP contribution in [0.3, 0.4) is 0 Å². The first-order valence-electron chi connectivity index (χ1n) is 12.3. The summed E-state index contributed by atoms with van der Waals surface area (Å²) in [5.41, 5.74) is 0.00242. The number of amides is 1. The molecule has 2 aromatic rings. The van der Waals surface area contributed by atoms with Crippen LogP contribution in [0.2, 0.25) is 0 Å². The van der Waals surface area contributed by atoms with Crippen molar-refractivity contribution in [3.63, 3.8) is 0 Å². The quantitative estimate of drug-likeness (QED) is 0.501. The Hall–Kier alpha value is -3.41. The molecule has 0 bridgehead atoms. The molecule has 1 saturated heterocycles. The fourth-order valence-corrected chi connectivity index (χ4v) is 4.87. The third kappa shape index (κ3) is 6.48. The number of benzene rings is 1. The highest BCUT2D eigenvalue weighted by atomic mass is 19.4. The van der Waals surface area contributed by atoms with Gasteiger partial charge in [0, 0.05) is 36.6 Å². The monoisotopic (exact) mass is 520 g/mol. The number of carboxylic acids is 1. The minimum Gasteiger partial charge on any atom is -0.481 e. The maximum Gasteiger partial charge on any atom is 0.421 e. The van der Waals surface area contributed by atoms with Crippen LogP contribution in [0.5, 0.6) is 0 Å². The van der Waals surface area contributed by atoms with Gasteiger partial charge in [0.2, 0.25) is 5.95 Å². The lowest BCUT2D eigenvalue weighted by Gasteiger charge is -2.35. The van der Waals surface area contributed by atoms with E-state index in [-0.39, 0.29) is 24.3 Å². The number of aliphatic carboxylic acids is 1. The Morgan fingerprint density at radius 2 is 1.78 bits per heavy atom. The zero-order chi connectivity index (χ0) is 26.7. The molecule has 0 spiro atoms. The molecule has 3 N–H and O–H groups in total. The second-order valence-electron chi connectivity index (χ2n) is 9.80. The fourth-order valence-electron chi connectivity index (χ4n) is 4.87. The summed E-state index contributed by atoms with van der Waals surface area (Å²) in [5.74, 6) is -2.08. The molecule has 37 heavy (non-hydrogen) atoms. The average molecular weight is 521 g/mol. The molecule has 0 unspecified atom stereocenters. The van der Waals surface area contributed by atoms with E-state index in [0.717, 1.165) is 25.9 Å². The Balaban J connectivity index is 1.45. The molecule has 1 amide bonds. The predicted octanol–water partition coefficient (Wildman–Crippen LogP) is 4.07. The highest BCUT2D eigenvalue weighted by molar-refractivity contribution is 5.94. The van der Waals surface area contributed by atoms with Crippen molar-refractivity contribution in [2.24, 2.45) is 5.92 Å². The topological polar surface area (TPSA) is 111 Å². The molecule has 200 valence electrons. The lowest BCUT2D eigenvalue weighted by Crippen LogP contribution is -2.44.